The molecule has 0 unspecified atom stereocenters. The summed E-state index contributed by atoms with van der Waals surface area (Å²) in [4.78, 5) is 9.03. The van der Waals surface area contributed by atoms with E-state index in [0.717, 1.165) is 45.3 Å². The molecule has 0 saturated heterocycles. The van der Waals surface area contributed by atoms with Gasteiger partial charge < -0.3 is 9.80 Å². The lowest BCUT2D eigenvalue weighted by molar-refractivity contribution is 0.568. The van der Waals surface area contributed by atoms with Gasteiger partial charge >= 0.3 is 0 Å². The number of hydrogen-bond acceptors (Lipinski definition) is 3. The summed E-state index contributed by atoms with van der Waals surface area (Å²) in [7, 11) is 0. The summed E-state index contributed by atoms with van der Waals surface area (Å²) >= 11 is 0. The molecule has 10 aromatic rings. The Balaban J connectivity index is 1.29. The normalized spacial score (nSPS) is 13.5. The number of rotatable bonds is 3. The second kappa shape index (κ2) is 16.7. The van der Waals surface area contributed by atoms with E-state index in [0.29, 0.717) is 11.3 Å². The molecule has 0 fully saturated rings. The molecule has 0 aliphatic carbocycles. The minimum Gasteiger partial charge on any atom is -0.311 e. The summed E-state index contributed by atoms with van der Waals surface area (Å²) in [5, 5.41) is 20.1. The summed E-state index contributed by atoms with van der Waals surface area (Å²) in [6.45, 7) is 35.8. The van der Waals surface area contributed by atoms with E-state index in [4.69, 9.17) is 6.57 Å². The highest BCUT2D eigenvalue weighted by molar-refractivity contribution is 7.00. The van der Waals surface area contributed by atoms with E-state index in [2.05, 4.69) is 249 Å². The second-order valence-corrected chi connectivity index (χ2v) is 25.5. The van der Waals surface area contributed by atoms with Gasteiger partial charge in [-0.05, 0) is 206 Å². The van der Waals surface area contributed by atoms with Gasteiger partial charge in [0.1, 0.15) is 0 Å². The molecule has 2 heterocycles. The minimum absolute atomic E-state index is 0.140. The van der Waals surface area contributed by atoms with Crippen LogP contribution in [0.2, 0.25) is 0 Å². The van der Waals surface area contributed by atoms with Crippen LogP contribution in [-0.2, 0) is 21.7 Å². The van der Waals surface area contributed by atoms with E-state index in [9.17, 15) is 5.26 Å². The largest absolute Gasteiger partial charge is 0.311 e. The molecule has 0 spiro atoms. The maximum Gasteiger partial charge on any atom is 0.252 e. The van der Waals surface area contributed by atoms with Gasteiger partial charge in [-0.15, -0.1) is 0 Å². The van der Waals surface area contributed by atoms with Crippen LogP contribution in [0, 0.1) is 17.9 Å². The Bertz CT molecular complexity index is 3830. The van der Waals surface area contributed by atoms with Gasteiger partial charge in [-0.25, -0.2) is 4.85 Å². The molecule has 0 bridgehead atoms. The minimum atomic E-state index is -0.168. The Labute approximate surface area is 443 Å². The molecule has 5 heteroatoms. The topological polar surface area (TPSA) is 34.6 Å². The van der Waals surface area contributed by atoms with Crippen molar-refractivity contribution in [3.8, 4) is 17.2 Å². The van der Waals surface area contributed by atoms with Gasteiger partial charge in [-0.2, -0.15) is 5.26 Å². The third-order valence-electron chi connectivity index (χ3n) is 16.0. The second-order valence-electron chi connectivity index (χ2n) is 25.5. The number of fused-ring (bicyclic) bond motifs is 8. The van der Waals surface area contributed by atoms with Gasteiger partial charge in [0.05, 0.1) is 12.6 Å². The number of nitriles is 1. The zero-order valence-electron chi connectivity index (χ0n) is 45.5. The lowest BCUT2D eigenvalue weighted by Gasteiger charge is -2.45. The monoisotopic (exact) mass is 971 g/mol. The van der Waals surface area contributed by atoms with Gasteiger partial charge in [-0.3, -0.25) is 0 Å². The predicted molar refractivity (Wildman–Crippen MR) is 322 cm³/mol. The average Bonchev–Trinajstić information content (AvgIpc) is 3.39. The third kappa shape index (κ3) is 8.13. The van der Waals surface area contributed by atoms with Crippen molar-refractivity contribution >= 4 is 106 Å². The van der Waals surface area contributed by atoms with E-state index >= 15 is 0 Å². The van der Waals surface area contributed by atoms with Crippen LogP contribution in [0.25, 0.3) is 59.1 Å². The predicted octanol–water partition coefficient (Wildman–Crippen LogP) is 17.7. The maximum absolute atomic E-state index is 10.5. The maximum atomic E-state index is 10.5. The van der Waals surface area contributed by atoms with Crippen LogP contribution >= 0.6 is 0 Å². The van der Waals surface area contributed by atoms with Crippen LogP contribution in [-0.4, -0.2) is 6.71 Å². The van der Waals surface area contributed by atoms with Crippen molar-refractivity contribution in [3.05, 3.63) is 203 Å². The Morgan fingerprint density at radius 1 is 0.400 bits per heavy atom. The van der Waals surface area contributed by atoms with Crippen molar-refractivity contribution in [3.63, 3.8) is 0 Å². The first-order chi connectivity index (χ1) is 35.5. The molecule has 366 valence electrons. The summed E-state index contributed by atoms with van der Waals surface area (Å²) in [6.07, 6.45) is 0. The Morgan fingerprint density at radius 2 is 0.760 bits per heavy atom. The SMILES string of the molecule is [C-]#[N+]c1cc(C#N)cc(-c2cc3c4c(c2)N(c2cc(C(C)(C)C)cc(C(C)(C)C)c2)c2cc5cc6ccccc6cc5cc2B4c2cc4cc5ccccc5cc4cc2N3c2cc(C(C)(C)C)cc(C(C)(C)C)c2)c1. The smallest absolute Gasteiger partial charge is 0.252 e. The van der Waals surface area contributed by atoms with Crippen molar-refractivity contribution in [1.29, 1.82) is 5.26 Å². The Morgan fingerprint density at radius 3 is 1.11 bits per heavy atom. The van der Waals surface area contributed by atoms with E-state index in [1.165, 1.54) is 81.7 Å². The van der Waals surface area contributed by atoms with Crippen molar-refractivity contribution in [2.24, 2.45) is 0 Å². The molecule has 4 nitrogen and oxygen atoms in total. The fourth-order valence-electron chi connectivity index (χ4n) is 11.7. The highest BCUT2D eigenvalue weighted by atomic mass is 15.2. The van der Waals surface area contributed by atoms with Gasteiger partial charge in [0.25, 0.3) is 6.71 Å². The standard InChI is InChI=1S/C70H63BN4/c1-67(2,3)53-35-54(68(4,5)6)38-58(37-53)74-62-31-50-26-45-20-16-14-18-43(45)24-48(50)29-60(62)71-61-30-49-25-44-19-15-17-21-46(44)27-51(49)32-63(61)75(59-39-55(69(7,8)9)36-56(40-59)70(10,11)12)65-34-52(33-64(74)66(65)71)47-22-42(41-72)23-57(28-47)73-13/h14-40H,1-12H3. The molecule has 0 N–H and O–H groups in total. The van der Waals surface area contributed by atoms with E-state index in [1.807, 2.05) is 12.1 Å². The number of anilines is 6. The van der Waals surface area contributed by atoms with Crippen LogP contribution in [0.3, 0.4) is 0 Å². The highest BCUT2D eigenvalue weighted by Gasteiger charge is 2.45. The third-order valence-corrected chi connectivity index (χ3v) is 16.0. The van der Waals surface area contributed by atoms with Gasteiger partial charge in [0.2, 0.25) is 0 Å². The summed E-state index contributed by atoms with van der Waals surface area (Å²) in [6, 6.07) is 64.0. The average molecular weight is 971 g/mol. The fourth-order valence-corrected chi connectivity index (χ4v) is 11.7. The number of hydrogen-bond donors (Lipinski definition) is 0. The first-order valence-electron chi connectivity index (χ1n) is 26.5. The van der Waals surface area contributed by atoms with Gasteiger partial charge in [-0.1, -0.05) is 156 Å². The molecule has 75 heavy (non-hydrogen) atoms. The number of nitrogens with zero attached hydrogens (tertiary/aromatic N) is 4. The molecule has 0 saturated carbocycles. The van der Waals surface area contributed by atoms with E-state index in [-0.39, 0.29) is 28.4 Å². The zero-order valence-corrected chi connectivity index (χ0v) is 45.5. The molecule has 10 aromatic carbocycles. The van der Waals surface area contributed by atoms with Crippen LogP contribution in [0.4, 0.5) is 39.8 Å². The van der Waals surface area contributed by atoms with Crippen LogP contribution in [0.15, 0.2) is 164 Å². The lowest BCUT2D eigenvalue weighted by atomic mass is 9.33. The van der Waals surface area contributed by atoms with Crippen LogP contribution in [0.1, 0.15) is 111 Å². The molecule has 2 aliphatic rings. The van der Waals surface area contributed by atoms with Crippen LogP contribution < -0.4 is 26.2 Å². The summed E-state index contributed by atoms with van der Waals surface area (Å²) in [5.74, 6) is 0. The molecule has 12 rings (SSSR count). The van der Waals surface area contributed by atoms with Crippen LogP contribution in [0.5, 0.6) is 0 Å². The molecular weight excluding hydrogens is 908 g/mol. The first kappa shape index (κ1) is 47.9. The number of benzene rings is 10. The van der Waals surface area contributed by atoms with Crippen molar-refractivity contribution in [1.82, 2.24) is 0 Å². The first-order valence-corrected chi connectivity index (χ1v) is 26.5. The van der Waals surface area contributed by atoms with Crippen molar-refractivity contribution in [2.75, 3.05) is 9.80 Å². The van der Waals surface area contributed by atoms with Crippen molar-refractivity contribution < 1.29 is 0 Å². The molecule has 0 radical (unpaired) electrons. The van der Waals surface area contributed by atoms with Gasteiger partial charge in [0, 0.05) is 39.7 Å². The zero-order chi connectivity index (χ0) is 52.7. The van der Waals surface area contributed by atoms with Gasteiger partial charge in [0.15, 0.2) is 5.69 Å². The molecule has 2 aliphatic heterocycles. The van der Waals surface area contributed by atoms with E-state index in [1.54, 1.807) is 6.07 Å². The highest BCUT2D eigenvalue weighted by Crippen LogP contribution is 2.50. The summed E-state index contributed by atoms with van der Waals surface area (Å²) < 4.78 is 0. The fraction of sp³-hybridized carbons (Fsp3) is 0.229. The Hall–Kier alpha value is -8.12. The Kier molecular flexibility index (Phi) is 10.7. The molecule has 0 atom stereocenters. The quantitative estimate of drug-likeness (QED) is 0.101. The molecule has 0 amide bonds. The van der Waals surface area contributed by atoms with E-state index < -0.39 is 0 Å². The lowest BCUT2D eigenvalue weighted by Crippen LogP contribution is -2.61. The molecule has 0 aromatic heterocycles. The van der Waals surface area contributed by atoms with Crippen molar-refractivity contribution in [2.45, 2.75) is 105 Å². The molecular formula is C70H63BN4. The summed E-state index contributed by atoms with van der Waals surface area (Å²) in [5.41, 5.74) is 17.6.